The fourth-order valence-corrected chi connectivity index (χ4v) is 4.37. The second-order valence-corrected chi connectivity index (χ2v) is 10.9. The lowest BCUT2D eigenvalue weighted by molar-refractivity contribution is -0.131. The molecule has 0 aromatic rings. The molecule has 0 aromatic heterocycles. The summed E-state index contributed by atoms with van der Waals surface area (Å²) in [5.41, 5.74) is 0. The third-order valence-corrected chi connectivity index (χ3v) is 6.96. The number of amides is 4. The third kappa shape index (κ3) is 34.4. The summed E-state index contributed by atoms with van der Waals surface area (Å²) in [6.45, 7) is 20.8. The second-order valence-electron chi connectivity index (χ2n) is 10.9. The molecule has 0 heterocycles. The largest absolute Gasteiger partial charge is 0.356 e. The molecular formula is C37H76N4O5. The zero-order valence-electron chi connectivity index (χ0n) is 31.8. The van der Waals surface area contributed by atoms with Crippen LogP contribution in [0.5, 0.6) is 0 Å². The molecule has 46 heavy (non-hydrogen) atoms. The van der Waals surface area contributed by atoms with Gasteiger partial charge in [-0.05, 0) is 64.7 Å². The lowest BCUT2D eigenvalue weighted by Gasteiger charge is -2.22. The molecule has 0 rings (SSSR count). The Hall–Kier alpha value is -2.45. The van der Waals surface area contributed by atoms with E-state index in [1.807, 2.05) is 41.5 Å². The van der Waals surface area contributed by atoms with Crippen LogP contribution in [0.25, 0.3) is 0 Å². The summed E-state index contributed by atoms with van der Waals surface area (Å²) in [7, 11) is 0. The quantitative estimate of drug-likeness (QED) is 0.0702. The molecule has 274 valence electrons. The molecule has 4 N–H and O–H groups in total. The van der Waals surface area contributed by atoms with Gasteiger partial charge in [0.15, 0.2) is 5.78 Å². The van der Waals surface area contributed by atoms with Crippen molar-refractivity contribution in [3.63, 3.8) is 0 Å². The van der Waals surface area contributed by atoms with Gasteiger partial charge in [0.1, 0.15) is 6.04 Å². The molecule has 9 nitrogen and oxygen atoms in total. The molecule has 0 spiro atoms. The molecule has 0 radical (unpaired) electrons. The van der Waals surface area contributed by atoms with Crippen molar-refractivity contribution in [2.24, 2.45) is 0 Å². The highest BCUT2D eigenvalue weighted by Gasteiger charge is 2.24. The van der Waals surface area contributed by atoms with E-state index >= 15 is 0 Å². The first-order valence-electron chi connectivity index (χ1n) is 18.9. The van der Waals surface area contributed by atoms with E-state index in [0.29, 0.717) is 64.5 Å². The van der Waals surface area contributed by atoms with Crippen molar-refractivity contribution in [1.82, 2.24) is 21.3 Å². The van der Waals surface area contributed by atoms with Gasteiger partial charge in [-0.1, -0.05) is 101 Å². The predicted molar refractivity (Wildman–Crippen MR) is 195 cm³/mol. The fraction of sp³-hybridized carbons (Fsp3) is 0.865. The Labute approximate surface area is 284 Å². The maximum atomic E-state index is 13.1. The number of Topliss-reactive ketones (excluding diaryl/α,β-unsaturated/α-hetero) is 1. The lowest BCUT2D eigenvalue weighted by Crippen LogP contribution is -2.51. The molecule has 2 unspecified atom stereocenters. The molecule has 9 heteroatoms. The van der Waals surface area contributed by atoms with Crippen molar-refractivity contribution in [3.8, 4) is 0 Å². The first kappa shape index (κ1) is 50.4. The maximum absolute atomic E-state index is 13.1. The van der Waals surface area contributed by atoms with Gasteiger partial charge < -0.3 is 21.3 Å². The number of hydrogen-bond donors (Lipinski definition) is 4. The van der Waals surface area contributed by atoms with E-state index < -0.39 is 12.1 Å². The van der Waals surface area contributed by atoms with Gasteiger partial charge >= 0.3 is 0 Å². The average molecular weight is 657 g/mol. The van der Waals surface area contributed by atoms with E-state index in [0.717, 1.165) is 64.2 Å². The average Bonchev–Trinajstić information content (AvgIpc) is 3.06. The summed E-state index contributed by atoms with van der Waals surface area (Å²) in [6, 6.07) is -1.35. The number of hydrogen-bond acceptors (Lipinski definition) is 5. The number of nitrogens with one attached hydrogen (secondary N) is 4. The van der Waals surface area contributed by atoms with Crippen LogP contribution < -0.4 is 21.3 Å². The van der Waals surface area contributed by atoms with Crippen molar-refractivity contribution in [2.45, 2.75) is 197 Å². The van der Waals surface area contributed by atoms with Crippen LogP contribution >= 0.6 is 0 Å². The van der Waals surface area contributed by atoms with Crippen LogP contribution in [0.3, 0.4) is 0 Å². The molecule has 0 saturated carbocycles. The highest BCUT2D eigenvalue weighted by Crippen LogP contribution is 2.08. The molecule has 0 aliphatic heterocycles. The molecule has 0 aromatic carbocycles. The summed E-state index contributed by atoms with van der Waals surface area (Å²) in [5.74, 6) is -0.537. The summed E-state index contributed by atoms with van der Waals surface area (Å²) < 4.78 is 0. The molecule has 0 bridgehead atoms. The normalized spacial score (nSPS) is 11.1. The van der Waals surface area contributed by atoms with Gasteiger partial charge in [0.2, 0.25) is 23.6 Å². The standard InChI is InChI=1S/C31H58N4O5.3C2H6/c1-5-8-11-20-28(37)32-23-16-14-18-26(25(4)36)35-31(40)27(34-30(39)22-13-10-7-3)19-15-17-24-33-29(38)21-12-9-6-2;3*1-2/h26-27H,5-24H2,1-4H3,(H,32,37)(H,33,38)(H,34,39)(H,35,40);3*1-2H3. The molecule has 0 saturated heterocycles. The zero-order chi connectivity index (χ0) is 36.0. The highest BCUT2D eigenvalue weighted by atomic mass is 16.2. The molecule has 0 aliphatic rings. The molecular weight excluding hydrogens is 580 g/mol. The van der Waals surface area contributed by atoms with E-state index in [1.165, 1.54) is 6.92 Å². The third-order valence-electron chi connectivity index (χ3n) is 6.96. The van der Waals surface area contributed by atoms with Crippen LogP contribution in [0.1, 0.15) is 185 Å². The van der Waals surface area contributed by atoms with Crippen LogP contribution in [0, 0.1) is 0 Å². The first-order chi connectivity index (χ1) is 22.2. The van der Waals surface area contributed by atoms with Crippen LogP contribution in [0.15, 0.2) is 0 Å². The topological polar surface area (TPSA) is 133 Å². The summed E-state index contributed by atoms with van der Waals surface area (Å²) in [5, 5.41) is 11.6. The van der Waals surface area contributed by atoms with Gasteiger partial charge in [0.05, 0.1) is 6.04 Å². The summed E-state index contributed by atoms with van der Waals surface area (Å²) in [6.07, 6.45) is 13.9. The Morgan fingerprint density at radius 1 is 0.457 bits per heavy atom. The highest BCUT2D eigenvalue weighted by molar-refractivity contribution is 5.92. The van der Waals surface area contributed by atoms with Gasteiger partial charge in [0, 0.05) is 32.4 Å². The number of carbonyl (C=O) groups is 5. The minimum Gasteiger partial charge on any atom is -0.356 e. The molecule has 4 amide bonds. The van der Waals surface area contributed by atoms with Gasteiger partial charge in [-0.25, -0.2) is 0 Å². The van der Waals surface area contributed by atoms with Crippen molar-refractivity contribution < 1.29 is 24.0 Å². The smallest absolute Gasteiger partial charge is 0.243 e. The van der Waals surface area contributed by atoms with Crippen molar-refractivity contribution in [3.05, 3.63) is 0 Å². The number of unbranched alkanes of at least 4 members (excludes halogenated alkanes) is 8. The van der Waals surface area contributed by atoms with E-state index in [1.54, 1.807) is 0 Å². The van der Waals surface area contributed by atoms with E-state index in [4.69, 9.17) is 0 Å². The minimum atomic E-state index is -0.723. The van der Waals surface area contributed by atoms with E-state index in [-0.39, 0.29) is 29.4 Å². The van der Waals surface area contributed by atoms with Gasteiger partial charge in [0.25, 0.3) is 0 Å². The fourth-order valence-electron chi connectivity index (χ4n) is 4.37. The number of ketones is 1. The minimum absolute atomic E-state index is 0.0485. The molecule has 0 aliphatic carbocycles. The van der Waals surface area contributed by atoms with Crippen LogP contribution in [0.2, 0.25) is 0 Å². The number of rotatable bonds is 26. The Morgan fingerprint density at radius 2 is 0.826 bits per heavy atom. The molecule has 2 atom stereocenters. The second kappa shape index (κ2) is 40.6. The summed E-state index contributed by atoms with van der Waals surface area (Å²) >= 11 is 0. The van der Waals surface area contributed by atoms with Crippen LogP contribution in [0.4, 0.5) is 0 Å². The Balaban J connectivity index is -0.00000138. The Bertz CT molecular complexity index is 731. The first-order valence-corrected chi connectivity index (χ1v) is 18.9. The van der Waals surface area contributed by atoms with Crippen molar-refractivity contribution in [2.75, 3.05) is 13.1 Å². The van der Waals surface area contributed by atoms with Gasteiger partial charge in [-0.3, -0.25) is 24.0 Å². The zero-order valence-corrected chi connectivity index (χ0v) is 31.8. The number of carbonyl (C=O) groups excluding carboxylic acids is 5. The predicted octanol–water partition coefficient (Wildman–Crippen LogP) is 7.94. The van der Waals surface area contributed by atoms with E-state index in [2.05, 4.69) is 42.0 Å². The van der Waals surface area contributed by atoms with Crippen LogP contribution in [-0.2, 0) is 24.0 Å². The molecule has 0 fully saturated rings. The van der Waals surface area contributed by atoms with E-state index in [9.17, 15) is 24.0 Å². The monoisotopic (exact) mass is 657 g/mol. The summed E-state index contributed by atoms with van der Waals surface area (Å²) in [4.78, 5) is 61.7. The van der Waals surface area contributed by atoms with Gasteiger partial charge in [-0.2, -0.15) is 0 Å². The Morgan fingerprint density at radius 3 is 1.20 bits per heavy atom. The van der Waals surface area contributed by atoms with Crippen LogP contribution in [-0.4, -0.2) is 54.6 Å². The Kier molecular flexibility index (Phi) is 44.5. The van der Waals surface area contributed by atoms with Crippen molar-refractivity contribution >= 4 is 29.4 Å². The van der Waals surface area contributed by atoms with Gasteiger partial charge in [-0.15, -0.1) is 0 Å². The SMILES string of the molecule is CC.CC.CC.CCCCCC(=O)NCCCCC(NC(=O)C(CCCCNC(=O)CCCCC)NC(=O)CCCCC)C(C)=O. The maximum Gasteiger partial charge on any atom is 0.243 e. The van der Waals surface area contributed by atoms with Crippen molar-refractivity contribution in [1.29, 1.82) is 0 Å². The lowest BCUT2D eigenvalue weighted by atomic mass is 10.0.